The van der Waals surface area contributed by atoms with Crippen LogP contribution in [-0.2, 0) is 17.8 Å². The first-order chi connectivity index (χ1) is 13.1. The topological polar surface area (TPSA) is 78.5 Å². The van der Waals surface area contributed by atoms with Crippen molar-refractivity contribution in [2.24, 2.45) is 4.99 Å². The predicted octanol–water partition coefficient (Wildman–Crippen LogP) is 2.20. The van der Waals surface area contributed by atoms with Gasteiger partial charge in [0.2, 0.25) is 0 Å². The Bertz CT molecular complexity index is 1070. The molecule has 1 aromatic carbocycles. The van der Waals surface area contributed by atoms with Crippen molar-refractivity contribution in [1.29, 1.82) is 0 Å². The van der Waals surface area contributed by atoms with Crippen LogP contribution >= 0.6 is 22.9 Å². The molecule has 0 aliphatic heterocycles. The summed E-state index contributed by atoms with van der Waals surface area (Å²) in [7, 11) is 1.53. The Morgan fingerprint density at radius 2 is 2.11 bits per heavy atom. The summed E-state index contributed by atoms with van der Waals surface area (Å²) in [4.78, 5) is 29.0. The number of rotatable bonds is 6. The lowest BCUT2D eigenvalue weighted by molar-refractivity contribution is 0.0989. The number of benzene rings is 1. The van der Waals surface area contributed by atoms with Crippen LogP contribution < -0.4 is 10.4 Å². The van der Waals surface area contributed by atoms with E-state index in [-0.39, 0.29) is 17.8 Å². The highest BCUT2D eigenvalue weighted by atomic mass is 35.5. The van der Waals surface area contributed by atoms with Crippen LogP contribution in [0.15, 0.2) is 57.8 Å². The molecular formula is C18H17ClN4O3S. The third kappa shape index (κ3) is 4.79. The van der Waals surface area contributed by atoms with Gasteiger partial charge in [0.15, 0.2) is 10.5 Å². The molecular weight excluding hydrogens is 388 g/mol. The minimum absolute atomic E-state index is 0.100. The fourth-order valence-corrected chi connectivity index (χ4v) is 3.28. The molecule has 0 spiro atoms. The Morgan fingerprint density at radius 1 is 1.30 bits per heavy atom. The van der Waals surface area contributed by atoms with Crippen LogP contribution in [0.3, 0.4) is 0 Å². The number of amides is 1. The van der Waals surface area contributed by atoms with Gasteiger partial charge in [-0.25, -0.2) is 4.68 Å². The molecule has 2 heterocycles. The van der Waals surface area contributed by atoms with Gasteiger partial charge in [-0.2, -0.15) is 10.1 Å². The summed E-state index contributed by atoms with van der Waals surface area (Å²) in [5.74, 6) is -0.517. The highest BCUT2D eigenvalue weighted by Crippen LogP contribution is 2.15. The zero-order chi connectivity index (χ0) is 19.2. The van der Waals surface area contributed by atoms with Gasteiger partial charge in [-0.05, 0) is 17.7 Å². The first-order valence-corrected chi connectivity index (χ1v) is 9.38. The molecule has 27 heavy (non-hydrogen) atoms. The Labute approximate surface area is 164 Å². The van der Waals surface area contributed by atoms with Gasteiger partial charge in [-0.1, -0.05) is 29.8 Å². The van der Waals surface area contributed by atoms with E-state index in [0.717, 1.165) is 5.56 Å². The molecule has 0 radical (unpaired) electrons. The number of carbonyl (C=O) groups is 1. The largest absolute Gasteiger partial charge is 0.383 e. The van der Waals surface area contributed by atoms with Crippen LogP contribution in [0.1, 0.15) is 16.1 Å². The summed E-state index contributed by atoms with van der Waals surface area (Å²) in [6.45, 7) is 1.09. The van der Waals surface area contributed by atoms with E-state index < -0.39 is 5.91 Å². The summed E-state index contributed by atoms with van der Waals surface area (Å²) >= 11 is 7.54. The smallest absolute Gasteiger partial charge is 0.300 e. The van der Waals surface area contributed by atoms with Crippen LogP contribution in [-0.4, -0.2) is 34.0 Å². The molecule has 0 N–H and O–H groups in total. The number of thiazole rings is 1. The number of nitrogens with zero attached hydrogens (tertiary/aromatic N) is 4. The predicted molar refractivity (Wildman–Crippen MR) is 103 cm³/mol. The maximum absolute atomic E-state index is 12.5. The molecule has 0 fully saturated rings. The molecule has 3 rings (SSSR count). The molecule has 3 aromatic rings. The van der Waals surface area contributed by atoms with Crippen molar-refractivity contribution < 1.29 is 9.53 Å². The summed E-state index contributed by atoms with van der Waals surface area (Å²) in [5, 5.41) is 6.57. The summed E-state index contributed by atoms with van der Waals surface area (Å²) < 4.78 is 7.98. The molecule has 0 bridgehead atoms. The second-order valence-corrected chi connectivity index (χ2v) is 6.87. The minimum atomic E-state index is -0.517. The molecule has 9 heteroatoms. The van der Waals surface area contributed by atoms with E-state index in [1.807, 2.05) is 40.4 Å². The van der Waals surface area contributed by atoms with Crippen LogP contribution in [0, 0.1) is 0 Å². The molecule has 0 aliphatic rings. The minimum Gasteiger partial charge on any atom is -0.383 e. The molecule has 140 valence electrons. The van der Waals surface area contributed by atoms with Crippen LogP contribution in [0.5, 0.6) is 0 Å². The Hall–Kier alpha value is -2.55. The number of carbonyl (C=O) groups excluding carboxylic acids is 1. The molecule has 0 saturated carbocycles. The van der Waals surface area contributed by atoms with E-state index in [0.29, 0.717) is 23.0 Å². The van der Waals surface area contributed by atoms with Gasteiger partial charge in [-0.15, -0.1) is 11.3 Å². The van der Waals surface area contributed by atoms with Gasteiger partial charge in [0.25, 0.3) is 11.5 Å². The van der Waals surface area contributed by atoms with Crippen molar-refractivity contribution in [2.45, 2.75) is 13.1 Å². The van der Waals surface area contributed by atoms with Gasteiger partial charge in [0.05, 0.1) is 19.7 Å². The van der Waals surface area contributed by atoms with Crippen LogP contribution in [0.25, 0.3) is 0 Å². The van der Waals surface area contributed by atoms with Crippen molar-refractivity contribution in [3.8, 4) is 0 Å². The third-order valence-electron chi connectivity index (χ3n) is 3.75. The number of hydrogen-bond acceptors (Lipinski definition) is 5. The van der Waals surface area contributed by atoms with E-state index in [1.165, 1.54) is 35.3 Å². The monoisotopic (exact) mass is 404 g/mol. The van der Waals surface area contributed by atoms with Crippen molar-refractivity contribution >= 4 is 28.8 Å². The number of hydrogen-bond donors (Lipinski definition) is 0. The Kier molecular flexibility index (Phi) is 6.33. The molecule has 7 nitrogen and oxygen atoms in total. The first-order valence-electron chi connectivity index (χ1n) is 8.12. The lowest BCUT2D eigenvalue weighted by Crippen LogP contribution is -2.26. The molecule has 1 amide bonds. The summed E-state index contributed by atoms with van der Waals surface area (Å²) in [6.07, 6.45) is 1.84. The van der Waals surface area contributed by atoms with Gasteiger partial charge >= 0.3 is 0 Å². The highest BCUT2D eigenvalue weighted by Gasteiger charge is 2.10. The second-order valence-electron chi connectivity index (χ2n) is 5.59. The van der Waals surface area contributed by atoms with Crippen molar-refractivity contribution in [3.05, 3.63) is 79.4 Å². The van der Waals surface area contributed by atoms with Crippen molar-refractivity contribution in [1.82, 2.24) is 14.3 Å². The SMILES string of the molecule is COCCn1nc(C(=O)N=c2sccn2Cc2ccccc2Cl)ccc1=O. The average molecular weight is 405 g/mol. The lowest BCUT2D eigenvalue weighted by Gasteiger charge is -2.06. The normalized spacial score (nSPS) is 11.7. The van der Waals surface area contributed by atoms with Gasteiger partial charge in [0.1, 0.15) is 0 Å². The average Bonchev–Trinajstić information content (AvgIpc) is 3.09. The molecule has 2 aromatic heterocycles. The van der Waals surface area contributed by atoms with E-state index >= 15 is 0 Å². The summed E-state index contributed by atoms with van der Waals surface area (Å²) in [6, 6.07) is 10.2. The Morgan fingerprint density at radius 3 is 2.89 bits per heavy atom. The molecule has 0 saturated heterocycles. The number of ether oxygens (including phenoxy) is 1. The van der Waals surface area contributed by atoms with E-state index in [4.69, 9.17) is 16.3 Å². The van der Waals surface area contributed by atoms with E-state index in [2.05, 4.69) is 10.1 Å². The second kappa shape index (κ2) is 8.90. The molecule has 0 aliphatic carbocycles. The molecule has 0 unspecified atom stereocenters. The standard InChI is InChI=1S/C18H17ClN4O3S/c1-26-10-8-23-16(24)7-6-15(21-23)17(25)20-18-22(9-11-27-18)12-13-4-2-3-5-14(13)19/h2-7,9,11H,8,10,12H2,1H3. The van der Waals surface area contributed by atoms with Crippen LogP contribution in [0.4, 0.5) is 0 Å². The van der Waals surface area contributed by atoms with Gasteiger partial charge in [0, 0.05) is 29.8 Å². The van der Waals surface area contributed by atoms with Gasteiger partial charge < -0.3 is 9.30 Å². The number of halogens is 1. The zero-order valence-corrected chi connectivity index (χ0v) is 16.1. The number of methoxy groups -OCH3 is 1. The van der Waals surface area contributed by atoms with Crippen molar-refractivity contribution in [3.63, 3.8) is 0 Å². The third-order valence-corrected chi connectivity index (χ3v) is 4.91. The number of aromatic nitrogens is 3. The zero-order valence-electron chi connectivity index (χ0n) is 14.5. The fraction of sp³-hybridized carbons (Fsp3) is 0.222. The highest BCUT2D eigenvalue weighted by molar-refractivity contribution is 7.07. The first kappa shape index (κ1) is 19.2. The Balaban J connectivity index is 1.88. The van der Waals surface area contributed by atoms with Gasteiger partial charge in [-0.3, -0.25) is 9.59 Å². The van der Waals surface area contributed by atoms with Crippen molar-refractivity contribution in [2.75, 3.05) is 13.7 Å². The van der Waals surface area contributed by atoms with E-state index in [1.54, 1.807) is 0 Å². The fourth-order valence-electron chi connectivity index (χ4n) is 2.36. The van der Waals surface area contributed by atoms with E-state index in [9.17, 15) is 9.59 Å². The maximum Gasteiger partial charge on any atom is 0.300 e. The maximum atomic E-state index is 12.5. The quantitative estimate of drug-likeness (QED) is 0.631. The van der Waals surface area contributed by atoms with Crippen LogP contribution in [0.2, 0.25) is 5.02 Å². The summed E-state index contributed by atoms with van der Waals surface area (Å²) in [5.41, 5.74) is 0.731. The lowest BCUT2D eigenvalue weighted by atomic mass is 10.2. The molecule has 0 atom stereocenters.